The number of aromatic nitrogens is 3. The molecule has 4 nitrogen and oxygen atoms in total. The first-order chi connectivity index (χ1) is 8.43. The normalized spacial score (nSPS) is 10.4. The summed E-state index contributed by atoms with van der Waals surface area (Å²) < 4.78 is 5.20. The zero-order chi connectivity index (χ0) is 11.5. The average molecular weight is 222 g/mol. The number of benzene rings is 1. The van der Waals surface area contributed by atoms with Crippen LogP contribution in [0, 0.1) is 6.07 Å². The molecule has 0 aliphatic carbocycles. The second kappa shape index (κ2) is 4.17. The van der Waals surface area contributed by atoms with Crippen molar-refractivity contribution in [2.45, 2.75) is 0 Å². The number of rotatable bonds is 2. The molecule has 17 heavy (non-hydrogen) atoms. The Morgan fingerprint density at radius 1 is 1.06 bits per heavy atom. The van der Waals surface area contributed by atoms with Gasteiger partial charge in [0, 0.05) is 23.5 Å². The molecule has 0 spiro atoms. The summed E-state index contributed by atoms with van der Waals surface area (Å²) in [7, 11) is 0. The van der Waals surface area contributed by atoms with Crippen molar-refractivity contribution < 1.29 is 4.52 Å². The molecule has 81 valence electrons. The molecule has 0 unspecified atom stereocenters. The summed E-state index contributed by atoms with van der Waals surface area (Å²) in [6.07, 6.45) is 3.38. The van der Waals surface area contributed by atoms with Gasteiger partial charge in [-0.25, -0.2) is 0 Å². The first kappa shape index (κ1) is 9.72. The summed E-state index contributed by atoms with van der Waals surface area (Å²) in [5.41, 5.74) is 1.67. The SMILES string of the molecule is [c]1ccccc1-c1noc(-c2ccncc2)n1. The minimum atomic E-state index is 0.486. The van der Waals surface area contributed by atoms with E-state index in [9.17, 15) is 0 Å². The Morgan fingerprint density at radius 2 is 1.94 bits per heavy atom. The highest BCUT2D eigenvalue weighted by molar-refractivity contribution is 5.58. The predicted octanol–water partition coefficient (Wildman–Crippen LogP) is 2.60. The summed E-state index contributed by atoms with van der Waals surface area (Å²) in [5, 5.41) is 3.93. The summed E-state index contributed by atoms with van der Waals surface area (Å²) in [4.78, 5) is 8.25. The van der Waals surface area contributed by atoms with Gasteiger partial charge in [-0.15, -0.1) is 0 Å². The Labute approximate surface area is 98.0 Å². The molecule has 3 aromatic rings. The van der Waals surface area contributed by atoms with Crippen LogP contribution in [0.1, 0.15) is 0 Å². The Hall–Kier alpha value is -2.49. The van der Waals surface area contributed by atoms with Crippen molar-refractivity contribution in [1.82, 2.24) is 15.1 Å². The van der Waals surface area contributed by atoms with Crippen LogP contribution in [-0.4, -0.2) is 15.1 Å². The van der Waals surface area contributed by atoms with Gasteiger partial charge in [0.25, 0.3) is 5.89 Å². The molecule has 0 aliphatic rings. The molecule has 0 atom stereocenters. The van der Waals surface area contributed by atoms with E-state index in [1.165, 1.54) is 0 Å². The van der Waals surface area contributed by atoms with Crippen LogP contribution in [-0.2, 0) is 0 Å². The van der Waals surface area contributed by atoms with Gasteiger partial charge in [-0.1, -0.05) is 29.4 Å². The zero-order valence-corrected chi connectivity index (χ0v) is 8.87. The Balaban J connectivity index is 1.99. The number of hydrogen-bond acceptors (Lipinski definition) is 4. The van der Waals surface area contributed by atoms with Crippen LogP contribution in [0.25, 0.3) is 22.8 Å². The summed E-state index contributed by atoms with van der Waals surface area (Å²) in [5.74, 6) is 1.03. The van der Waals surface area contributed by atoms with E-state index >= 15 is 0 Å². The fourth-order valence-corrected chi connectivity index (χ4v) is 1.48. The van der Waals surface area contributed by atoms with Crippen LogP contribution >= 0.6 is 0 Å². The maximum absolute atomic E-state index is 5.20. The maximum Gasteiger partial charge on any atom is 0.258 e. The van der Waals surface area contributed by atoms with E-state index in [1.807, 2.05) is 36.4 Å². The summed E-state index contributed by atoms with van der Waals surface area (Å²) >= 11 is 0. The third-order valence-corrected chi connectivity index (χ3v) is 2.30. The molecule has 4 heteroatoms. The van der Waals surface area contributed by atoms with Crippen molar-refractivity contribution in [1.29, 1.82) is 0 Å². The lowest BCUT2D eigenvalue weighted by Gasteiger charge is -1.91. The average Bonchev–Trinajstić information content (AvgIpc) is 2.90. The summed E-state index contributed by atoms with van der Waals surface area (Å²) in [6.45, 7) is 0. The Morgan fingerprint density at radius 3 is 2.71 bits per heavy atom. The van der Waals surface area contributed by atoms with Crippen LogP contribution in [0.5, 0.6) is 0 Å². The molecule has 2 heterocycles. The first-order valence-corrected chi connectivity index (χ1v) is 5.15. The second-order valence-electron chi connectivity index (χ2n) is 3.44. The minimum Gasteiger partial charge on any atom is -0.334 e. The Kier molecular flexibility index (Phi) is 2.38. The van der Waals surface area contributed by atoms with Gasteiger partial charge >= 0.3 is 0 Å². The fourth-order valence-electron chi connectivity index (χ4n) is 1.48. The van der Waals surface area contributed by atoms with Gasteiger partial charge in [-0.3, -0.25) is 4.98 Å². The monoisotopic (exact) mass is 222 g/mol. The maximum atomic E-state index is 5.20. The van der Waals surface area contributed by atoms with Gasteiger partial charge in [0.2, 0.25) is 5.82 Å². The van der Waals surface area contributed by atoms with Gasteiger partial charge in [0.05, 0.1) is 0 Å². The summed E-state index contributed by atoms with van der Waals surface area (Å²) in [6, 6.07) is 14.2. The molecular weight excluding hydrogens is 214 g/mol. The quantitative estimate of drug-likeness (QED) is 0.668. The molecule has 0 amide bonds. The van der Waals surface area contributed by atoms with Crippen molar-refractivity contribution in [2.24, 2.45) is 0 Å². The molecule has 0 bridgehead atoms. The highest BCUT2D eigenvalue weighted by Crippen LogP contribution is 2.20. The fraction of sp³-hybridized carbons (Fsp3) is 0. The lowest BCUT2D eigenvalue weighted by molar-refractivity contribution is 0.432. The molecule has 0 fully saturated rings. The smallest absolute Gasteiger partial charge is 0.258 e. The van der Waals surface area contributed by atoms with Crippen molar-refractivity contribution >= 4 is 0 Å². The standard InChI is InChI=1S/C13H8N3O/c1-2-4-10(5-3-1)12-15-13(17-16-12)11-6-8-14-9-7-11/h1-4,6-9H. The lowest BCUT2D eigenvalue weighted by Crippen LogP contribution is -1.81. The first-order valence-electron chi connectivity index (χ1n) is 5.15. The van der Waals surface area contributed by atoms with Crippen LogP contribution in [0.4, 0.5) is 0 Å². The third-order valence-electron chi connectivity index (χ3n) is 2.30. The van der Waals surface area contributed by atoms with E-state index in [-0.39, 0.29) is 0 Å². The number of hydrogen-bond donors (Lipinski definition) is 0. The Bertz CT molecular complexity index is 551. The predicted molar refractivity (Wildman–Crippen MR) is 61.8 cm³/mol. The van der Waals surface area contributed by atoms with Crippen molar-refractivity contribution in [2.75, 3.05) is 0 Å². The van der Waals surface area contributed by atoms with Crippen LogP contribution in [0.15, 0.2) is 53.3 Å². The van der Waals surface area contributed by atoms with Crippen molar-refractivity contribution in [3.8, 4) is 22.8 Å². The highest BCUT2D eigenvalue weighted by Gasteiger charge is 2.09. The number of pyridine rings is 1. The van der Waals surface area contributed by atoms with Gasteiger partial charge in [-0.05, 0) is 18.2 Å². The van der Waals surface area contributed by atoms with E-state index in [1.54, 1.807) is 12.4 Å². The minimum absolute atomic E-state index is 0.486. The molecule has 0 N–H and O–H groups in total. The number of nitrogens with zero attached hydrogens (tertiary/aromatic N) is 3. The largest absolute Gasteiger partial charge is 0.334 e. The topological polar surface area (TPSA) is 51.8 Å². The van der Waals surface area contributed by atoms with Crippen LogP contribution < -0.4 is 0 Å². The highest BCUT2D eigenvalue weighted by atomic mass is 16.5. The molecule has 1 aromatic carbocycles. The van der Waals surface area contributed by atoms with Crippen LogP contribution in [0.3, 0.4) is 0 Å². The van der Waals surface area contributed by atoms with E-state index in [0.717, 1.165) is 11.1 Å². The molecule has 1 radical (unpaired) electrons. The molecule has 2 aromatic heterocycles. The van der Waals surface area contributed by atoms with Crippen molar-refractivity contribution in [3.05, 3.63) is 54.9 Å². The van der Waals surface area contributed by atoms with Gasteiger partial charge in [-0.2, -0.15) is 4.98 Å². The van der Waals surface area contributed by atoms with Gasteiger partial charge in [0.1, 0.15) is 0 Å². The second-order valence-corrected chi connectivity index (χ2v) is 3.44. The molecule has 3 rings (SSSR count). The molecule has 0 saturated carbocycles. The van der Waals surface area contributed by atoms with E-state index in [0.29, 0.717) is 11.7 Å². The van der Waals surface area contributed by atoms with E-state index < -0.39 is 0 Å². The molecule has 0 aliphatic heterocycles. The zero-order valence-electron chi connectivity index (χ0n) is 8.87. The van der Waals surface area contributed by atoms with E-state index in [2.05, 4.69) is 21.2 Å². The van der Waals surface area contributed by atoms with Crippen molar-refractivity contribution in [3.63, 3.8) is 0 Å². The molecule has 0 saturated heterocycles. The van der Waals surface area contributed by atoms with E-state index in [4.69, 9.17) is 4.52 Å². The molecular formula is C13H8N3O. The lowest BCUT2D eigenvalue weighted by atomic mass is 10.2. The van der Waals surface area contributed by atoms with Crippen LogP contribution in [0.2, 0.25) is 0 Å². The van der Waals surface area contributed by atoms with Gasteiger partial charge in [0.15, 0.2) is 0 Å². The van der Waals surface area contributed by atoms with Gasteiger partial charge < -0.3 is 4.52 Å². The third kappa shape index (κ3) is 1.92.